The van der Waals surface area contributed by atoms with Crippen LogP contribution in [0, 0.1) is 0 Å². The fourth-order valence-corrected chi connectivity index (χ4v) is 4.11. The molecule has 2 aromatic rings. The van der Waals surface area contributed by atoms with Crippen molar-refractivity contribution in [3.05, 3.63) is 47.4 Å². The molecule has 7 nitrogen and oxygen atoms in total. The van der Waals surface area contributed by atoms with Gasteiger partial charge in [-0.3, -0.25) is 9.69 Å². The largest absolute Gasteiger partial charge is 0.356 e. The smallest absolute Gasteiger partial charge is 0.277 e. The topological polar surface area (TPSA) is 73.6 Å². The van der Waals surface area contributed by atoms with Crippen molar-refractivity contribution < 1.29 is 9.90 Å². The molecule has 0 spiro atoms. The number of carbonyl (C=O) groups is 1. The zero-order valence-corrected chi connectivity index (χ0v) is 15.9. The molecule has 2 aliphatic rings. The van der Waals surface area contributed by atoms with Gasteiger partial charge >= 0.3 is 0 Å². The maximum atomic E-state index is 12.5. The van der Waals surface area contributed by atoms with Crippen LogP contribution >= 0.6 is 0 Å². The Bertz CT molecular complexity index is 834. The lowest BCUT2D eigenvalue weighted by Gasteiger charge is -2.36. The third kappa shape index (κ3) is 3.21. The minimum atomic E-state index is -0.966. The van der Waals surface area contributed by atoms with E-state index in [0.717, 1.165) is 32.4 Å². The second kappa shape index (κ2) is 7.32. The summed E-state index contributed by atoms with van der Waals surface area (Å²) >= 11 is 0. The third-order valence-corrected chi connectivity index (χ3v) is 5.72. The Labute approximate surface area is 159 Å². The van der Waals surface area contributed by atoms with Gasteiger partial charge in [-0.25, -0.2) is 4.98 Å². The molecular formula is C20H27N5O2. The monoisotopic (exact) mass is 369 g/mol. The molecule has 1 aromatic carbocycles. The molecule has 0 fully saturated rings. The van der Waals surface area contributed by atoms with Crippen molar-refractivity contribution >= 4 is 11.7 Å². The van der Waals surface area contributed by atoms with Crippen LogP contribution < -0.4 is 10.2 Å². The first kappa shape index (κ1) is 18.0. The zero-order chi connectivity index (χ0) is 19.0. The Balaban J connectivity index is 1.30. The maximum Gasteiger partial charge on any atom is 0.277 e. The van der Waals surface area contributed by atoms with Crippen molar-refractivity contribution in [2.75, 3.05) is 25.5 Å². The third-order valence-electron chi connectivity index (χ3n) is 5.72. The van der Waals surface area contributed by atoms with Gasteiger partial charge in [0, 0.05) is 26.7 Å². The lowest BCUT2D eigenvalue weighted by Crippen LogP contribution is -2.52. The van der Waals surface area contributed by atoms with Crippen molar-refractivity contribution in [2.45, 2.75) is 44.6 Å². The van der Waals surface area contributed by atoms with Gasteiger partial charge < -0.3 is 19.9 Å². The van der Waals surface area contributed by atoms with Crippen molar-refractivity contribution in [3.63, 3.8) is 0 Å². The van der Waals surface area contributed by atoms with Gasteiger partial charge in [-0.2, -0.15) is 0 Å². The van der Waals surface area contributed by atoms with E-state index in [2.05, 4.69) is 34.6 Å². The second-order valence-corrected chi connectivity index (χ2v) is 7.43. The molecule has 0 saturated heterocycles. The standard InChI is InChI=1S/C20H27N5O2/c1-23-18-17(19(26)24(2)20(23)27)25(13-22-18)12-6-5-11-21-16-10-9-14-7-3-4-8-15(14)16/h3-4,7-8,13,16,20-21,27H,5-6,9-12H2,1-2H3. The van der Waals surface area contributed by atoms with Gasteiger partial charge in [0.25, 0.3) is 5.91 Å². The number of aliphatic hydroxyl groups excluding tert-OH is 1. The lowest BCUT2D eigenvalue weighted by molar-refractivity contribution is 0.0152. The summed E-state index contributed by atoms with van der Waals surface area (Å²) in [6.07, 6.45) is 5.06. The van der Waals surface area contributed by atoms with E-state index in [1.54, 1.807) is 25.3 Å². The molecule has 2 N–H and O–H groups in total. The van der Waals surface area contributed by atoms with E-state index in [-0.39, 0.29) is 5.91 Å². The van der Waals surface area contributed by atoms with Gasteiger partial charge in [-0.05, 0) is 43.4 Å². The highest BCUT2D eigenvalue weighted by Gasteiger charge is 2.36. The van der Waals surface area contributed by atoms with Crippen LogP contribution in [0.15, 0.2) is 30.6 Å². The van der Waals surface area contributed by atoms with E-state index in [1.165, 1.54) is 22.4 Å². The number of aliphatic hydroxyl groups is 1. The minimum absolute atomic E-state index is 0.186. The predicted molar refractivity (Wildman–Crippen MR) is 103 cm³/mol. The molecule has 0 saturated carbocycles. The number of carbonyl (C=O) groups excluding carboxylic acids is 1. The number of imidazole rings is 1. The molecule has 1 aromatic heterocycles. The first-order valence-electron chi connectivity index (χ1n) is 9.62. The summed E-state index contributed by atoms with van der Waals surface area (Å²) < 4.78 is 1.90. The average Bonchev–Trinajstić information content (AvgIpc) is 3.29. The summed E-state index contributed by atoms with van der Waals surface area (Å²) in [5.74, 6) is 0.361. The van der Waals surface area contributed by atoms with Gasteiger partial charge in [-0.15, -0.1) is 0 Å². The van der Waals surface area contributed by atoms with Crippen LogP contribution in [0.3, 0.4) is 0 Å². The Kier molecular flexibility index (Phi) is 4.88. The van der Waals surface area contributed by atoms with Crippen LogP contribution in [0.4, 0.5) is 5.82 Å². The van der Waals surface area contributed by atoms with Gasteiger partial charge in [0.15, 0.2) is 11.5 Å². The molecule has 2 unspecified atom stereocenters. The van der Waals surface area contributed by atoms with E-state index in [0.29, 0.717) is 17.6 Å². The first-order chi connectivity index (χ1) is 13.1. The second-order valence-electron chi connectivity index (χ2n) is 7.43. The molecule has 144 valence electrons. The first-order valence-corrected chi connectivity index (χ1v) is 9.62. The number of fused-ring (bicyclic) bond motifs is 2. The van der Waals surface area contributed by atoms with Crippen molar-refractivity contribution in [3.8, 4) is 0 Å². The quantitative estimate of drug-likeness (QED) is 0.759. The number of anilines is 1. The van der Waals surface area contributed by atoms with Crippen molar-refractivity contribution in [2.24, 2.45) is 0 Å². The van der Waals surface area contributed by atoms with Gasteiger partial charge in [-0.1, -0.05) is 24.3 Å². The van der Waals surface area contributed by atoms with E-state index >= 15 is 0 Å². The van der Waals surface area contributed by atoms with E-state index in [4.69, 9.17) is 0 Å². The van der Waals surface area contributed by atoms with Crippen LogP contribution in [0.5, 0.6) is 0 Å². The van der Waals surface area contributed by atoms with Gasteiger partial charge in [0.1, 0.15) is 0 Å². The van der Waals surface area contributed by atoms with Crippen LogP contribution in [-0.4, -0.2) is 52.5 Å². The SMILES string of the molecule is CN1C(=O)c2c(ncn2CCCCNC2CCc3ccccc32)N(C)C1O. The van der Waals surface area contributed by atoms with E-state index < -0.39 is 6.35 Å². The highest BCUT2D eigenvalue weighted by Crippen LogP contribution is 2.30. The summed E-state index contributed by atoms with van der Waals surface area (Å²) in [6, 6.07) is 9.14. The molecule has 27 heavy (non-hydrogen) atoms. The number of aromatic nitrogens is 2. The maximum absolute atomic E-state index is 12.5. The molecule has 2 heterocycles. The molecular weight excluding hydrogens is 342 g/mol. The average molecular weight is 369 g/mol. The summed E-state index contributed by atoms with van der Waals surface area (Å²) in [7, 11) is 3.35. The van der Waals surface area contributed by atoms with Gasteiger partial charge in [0.05, 0.1) is 6.33 Å². The zero-order valence-electron chi connectivity index (χ0n) is 15.9. The molecule has 2 atom stereocenters. The number of hydrogen-bond donors (Lipinski definition) is 2. The Morgan fingerprint density at radius 1 is 1.22 bits per heavy atom. The van der Waals surface area contributed by atoms with Crippen LogP contribution in [0.2, 0.25) is 0 Å². The Hall–Kier alpha value is -2.38. The summed E-state index contributed by atoms with van der Waals surface area (Å²) in [6.45, 7) is 1.71. The molecule has 0 bridgehead atoms. The van der Waals surface area contributed by atoms with Crippen LogP contribution in [-0.2, 0) is 13.0 Å². The molecule has 1 amide bonds. The molecule has 7 heteroatoms. The summed E-state index contributed by atoms with van der Waals surface area (Å²) in [5.41, 5.74) is 3.47. The number of nitrogens with one attached hydrogen (secondary N) is 1. The number of nitrogens with zero attached hydrogens (tertiary/aromatic N) is 4. The summed E-state index contributed by atoms with van der Waals surface area (Å²) in [5, 5.41) is 13.7. The number of amides is 1. The van der Waals surface area contributed by atoms with Crippen LogP contribution in [0.25, 0.3) is 0 Å². The Morgan fingerprint density at radius 3 is 2.89 bits per heavy atom. The van der Waals surface area contributed by atoms with Crippen molar-refractivity contribution in [1.82, 2.24) is 19.8 Å². The highest BCUT2D eigenvalue weighted by atomic mass is 16.3. The number of rotatable bonds is 6. The molecule has 1 aliphatic heterocycles. The number of aryl methyl sites for hydroxylation is 2. The number of hydrogen-bond acceptors (Lipinski definition) is 5. The van der Waals surface area contributed by atoms with E-state index in [1.807, 2.05) is 4.57 Å². The Morgan fingerprint density at radius 2 is 2.04 bits per heavy atom. The predicted octanol–water partition coefficient (Wildman–Crippen LogP) is 1.74. The van der Waals surface area contributed by atoms with Crippen molar-refractivity contribution in [1.29, 1.82) is 0 Å². The fraction of sp³-hybridized carbons (Fsp3) is 0.500. The molecule has 1 aliphatic carbocycles. The molecule has 4 rings (SSSR count). The summed E-state index contributed by atoms with van der Waals surface area (Å²) in [4.78, 5) is 19.8. The number of benzene rings is 1. The fourth-order valence-electron chi connectivity index (χ4n) is 4.11. The minimum Gasteiger partial charge on any atom is -0.356 e. The van der Waals surface area contributed by atoms with Crippen LogP contribution in [0.1, 0.15) is 46.9 Å². The number of unbranched alkanes of at least 4 members (excludes halogenated alkanes) is 1. The van der Waals surface area contributed by atoms with Gasteiger partial charge in [0.2, 0.25) is 6.35 Å². The normalized spacial score (nSPS) is 21.5. The molecule has 0 radical (unpaired) electrons. The highest BCUT2D eigenvalue weighted by molar-refractivity contribution is 5.99. The van der Waals surface area contributed by atoms with E-state index in [9.17, 15) is 9.90 Å². The lowest BCUT2D eigenvalue weighted by atomic mass is 10.1.